The van der Waals surface area contributed by atoms with Crippen molar-refractivity contribution >= 4 is 22.6 Å². The smallest absolute Gasteiger partial charge is 0.0147 e. The summed E-state index contributed by atoms with van der Waals surface area (Å²) in [6.07, 6.45) is 9.53. The van der Waals surface area contributed by atoms with Crippen LogP contribution in [0, 0.1) is 5.41 Å². The third-order valence-corrected chi connectivity index (χ3v) is 4.25. The predicted molar refractivity (Wildman–Crippen MR) is 57.1 cm³/mol. The van der Waals surface area contributed by atoms with Gasteiger partial charge in [0.1, 0.15) is 0 Å². The Morgan fingerprint density at radius 2 is 2.27 bits per heavy atom. The van der Waals surface area contributed by atoms with Crippen molar-refractivity contribution in [2.45, 2.75) is 43.0 Å². The van der Waals surface area contributed by atoms with E-state index in [0.717, 1.165) is 3.92 Å². The maximum Gasteiger partial charge on any atom is 0.0147 e. The highest BCUT2D eigenvalue weighted by Gasteiger charge is 2.40. The Balaban J connectivity index is 2.05. The van der Waals surface area contributed by atoms with Crippen LogP contribution in [0.15, 0.2) is 11.6 Å². The molecule has 0 aliphatic heterocycles. The lowest BCUT2D eigenvalue weighted by Crippen LogP contribution is -2.09. The molecule has 0 unspecified atom stereocenters. The van der Waals surface area contributed by atoms with Gasteiger partial charge in [0.05, 0.1) is 0 Å². The molecule has 2 aliphatic carbocycles. The van der Waals surface area contributed by atoms with Gasteiger partial charge in [-0.3, -0.25) is 0 Å². The minimum Gasteiger partial charge on any atom is -0.0837 e. The van der Waals surface area contributed by atoms with E-state index in [2.05, 4.69) is 35.6 Å². The van der Waals surface area contributed by atoms with Gasteiger partial charge in [0.2, 0.25) is 0 Å². The summed E-state index contributed by atoms with van der Waals surface area (Å²) in [6, 6.07) is 0. The normalized spacial score (nSPS) is 34.7. The first-order chi connectivity index (χ1) is 5.21. The van der Waals surface area contributed by atoms with Gasteiger partial charge in [-0.2, -0.15) is 0 Å². The van der Waals surface area contributed by atoms with E-state index in [4.69, 9.17) is 0 Å². The summed E-state index contributed by atoms with van der Waals surface area (Å²) >= 11 is 2.57. The second-order valence-electron chi connectivity index (χ2n) is 4.16. The van der Waals surface area contributed by atoms with Crippen LogP contribution in [-0.2, 0) is 0 Å². The van der Waals surface area contributed by atoms with Gasteiger partial charge in [0.25, 0.3) is 0 Å². The molecule has 0 aromatic rings. The molecule has 0 nitrogen and oxygen atoms in total. The van der Waals surface area contributed by atoms with Crippen molar-refractivity contribution in [3.05, 3.63) is 11.6 Å². The first-order valence-corrected chi connectivity index (χ1v) is 5.79. The highest BCUT2D eigenvalue weighted by Crippen LogP contribution is 2.54. The van der Waals surface area contributed by atoms with Crippen LogP contribution in [0.3, 0.4) is 0 Å². The van der Waals surface area contributed by atoms with Crippen LogP contribution in [0.1, 0.15) is 39.0 Å². The molecule has 1 saturated carbocycles. The van der Waals surface area contributed by atoms with Crippen molar-refractivity contribution in [2.75, 3.05) is 0 Å². The average Bonchev–Trinajstić information content (AvgIpc) is 2.70. The topological polar surface area (TPSA) is 0 Å². The van der Waals surface area contributed by atoms with Gasteiger partial charge < -0.3 is 0 Å². The fourth-order valence-electron chi connectivity index (χ4n) is 1.86. The Labute approximate surface area is 82.6 Å². The number of allylic oxidation sites excluding steroid dienone is 2. The quantitative estimate of drug-likeness (QED) is 0.384. The Morgan fingerprint density at radius 1 is 1.55 bits per heavy atom. The lowest BCUT2D eigenvalue weighted by atomic mass is 9.88. The Bertz CT molecular complexity index is 189. The van der Waals surface area contributed by atoms with E-state index in [1.807, 2.05) is 0 Å². The lowest BCUT2D eigenvalue weighted by molar-refractivity contribution is 0.594. The molecule has 0 spiro atoms. The maximum absolute atomic E-state index is 2.57. The van der Waals surface area contributed by atoms with Crippen LogP contribution in [0.2, 0.25) is 0 Å². The zero-order valence-corrected chi connectivity index (χ0v) is 9.23. The van der Waals surface area contributed by atoms with Gasteiger partial charge in [-0.1, -0.05) is 41.2 Å². The van der Waals surface area contributed by atoms with Crippen LogP contribution >= 0.6 is 22.6 Å². The molecule has 2 rings (SSSR count). The van der Waals surface area contributed by atoms with Crippen molar-refractivity contribution in [1.29, 1.82) is 0 Å². The largest absolute Gasteiger partial charge is 0.0837 e. The third kappa shape index (κ3) is 1.63. The SMILES string of the molecule is CC1(C2=CC[C@H](I)CC2)CC1. The van der Waals surface area contributed by atoms with Gasteiger partial charge in [-0.05, 0) is 37.5 Å². The van der Waals surface area contributed by atoms with Crippen molar-refractivity contribution in [2.24, 2.45) is 5.41 Å². The highest BCUT2D eigenvalue weighted by atomic mass is 127. The Kier molecular flexibility index (Phi) is 2.02. The first-order valence-electron chi connectivity index (χ1n) is 4.54. The molecule has 1 heteroatoms. The van der Waals surface area contributed by atoms with Crippen molar-refractivity contribution < 1.29 is 0 Å². The molecule has 11 heavy (non-hydrogen) atoms. The molecule has 0 aromatic carbocycles. The van der Waals surface area contributed by atoms with Gasteiger partial charge in [-0.15, -0.1) is 0 Å². The minimum absolute atomic E-state index is 0.663. The molecule has 0 N–H and O–H groups in total. The second kappa shape index (κ2) is 2.75. The van der Waals surface area contributed by atoms with Crippen LogP contribution in [0.4, 0.5) is 0 Å². The van der Waals surface area contributed by atoms with E-state index < -0.39 is 0 Å². The molecule has 0 aromatic heterocycles. The van der Waals surface area contributed by atoms with Crippen molar-refractivity contribution in [1.82, 2.24) is 0 Å². The van der Waals surface area contributed by atoms with E-state index in [-0.39, 0.29) is 0 Å². The molecule has 0 bridgehead atoms. The molecule has 2 aliphatic rings. The highest BCUT2D eigenvalue weighted by molar-refractivity contribution is 14.1. The van der Waals surface area contributed by atoms with Gasteiger partial charge >= 0.3 is 0 Å². The minimum atomic E-state index is 0.663. The van der Waals surface area contributed by atoms with Gasteiger partial charge in [0.15, 0.2) is 0 Å². The summed E-state index contributed by atoms with van der Waals surface area (Å²) in [5.41, 5.74) is 2.43. The van der Waals surface area contributed by atoms with E-state index >= 15 is 0 Å². The molecule has 0 saturated heterocycles. The van der Waals surface area contributed by atoms with Crippen molar-refractivity contribution in [3.8, 4) is 0 Å². The molecular weight excluding hydrogens is 247 g/mol. The fourth-order valence-corrected chi connectivity index (χ4v) is 2.42. The molecule has 1 fully saturated rings. The summed E-state index contributed by atoms with van der Waals surface area (Å²) in [5, 5.41) is 0. The Morgan fingerprint density at radius 3 is 2.73 bits per heavy atom. The fraction of sp³-hybridized carbons (Fsp3) is 0.800. The predicted octanol–water partition coefficient (Wildman–Crippen LogP) is 3.70. The number of rotatable bonds is 1. The molecule has 0 radical (unpaired) electrons. The van der Waals surface area contributed by atoms with E-state index in [0.29, 0.717) is 5.41 Å². The average molecular weight is 262 g/mol. The van der Waals surface area contributed by atoms with Crippen LogP contribution in [0.25, 0.3) is 0 Å². The summed E-state index contributed by atoms with van der Waals surface area (Å²) in [5.74, 6) is 0. The lowest BCUT2D eigenvalue weighted by Gasteiger charge is -2.21. The number of hydrogen-bond donors (Lipinski definition) is 0. The zero-order chi connectivity index (χ0) is 7.90. The standard InChI is InChI=1S/C10H15I/c1-10(6-7-10)8-2-4-9(11)5-3-8/h2,9H,3-7H2,1H3/t9-/m0/s1. The summed E-state index contributed by atoms with van der Waals surface area (Å²) < 4.78 is 0.915. The molecule has 1 atom stereocenters. The van der Waals surface area contributed by atoms with Crippen LogP contribution < -0.4 is 0 Å². The second-order valence-corrected chi connectivity index (χ2v) is 5.92. The molecule has 0 heterocycles. The van der Waals surface area contributed by atoms with E-state index in [1.54, 1.807) is 5.57 Å². The Hall–Kier alpha value is 0.470. The first kappa shape index (κ1) is 8.09. The number of hydrogen-bond acceptors (Lipinski definition) is 0. The molecule has 0 amide bonds. The van der Waals surface area contributed by atoms with Crippen LogP contribution in [-0.4, -0.2) is 3.92 Å². The molecule has 62 valence electrons. The molecular formula is C10H15I. The van der Waals surface area contributed by atoms with Crippen molar-refractivity contribution in [3.63, 3.8) is 0 Å². The summed E-state index contributed by atoms with van der Waals surface area (Å²) in [7, 11) is 0. The monoisotopic (exact) mass is 262 g/mol. The summed E-state index contributed by atoms with van der Waals surface area (Å²) in [6.45, 7) is 2.42. The van der Waals surface area contributed by atoms with Crippen LogP contribution in [0.5, 0.6) is 0 Å². The van der Waals surface area contributed by atoms with E-state index in [9.17, 15) is 0 Å². The van der Waals surface area contributed by atoms with E-state index in [1.165, 1.54) is 32.1 Å². The number of halogens is 1. The zero-order valence-electron chi connectivity index (χ0n) is 7.07. The van der Waals surface area contributed by atoms with Gasteiger partial charge in [-0.25, -0.2) is 0 Å². The summed E-state index contributed by atoms with van der Waals surface area (Å²) in [4.78, 5) is 0. The number of alkyl halides is 1. The van der Waals surface area contributed by atoms with Gasteiger partial charge in [0, 0.05) is 3.92 Å². The third-order valence-electron chi connectivity index (χ3n) is 3.12. The maximum atomic E-state index is 2.57.